The smallest absolute Gasteiger partial charge is 0.0453 e. The third-order valence-electron chi connectivity index (χ3n) is 5.69. The van der Waals surface area contributed by atoms with E-state index in [1.807, 2.05) is 18.2 Å². The van der Waals surface area contributed by atoms with E-state index >= 15 is 0 Å². The Morgan fingerprint density at radius 3 is 2.38 bits per heavy atom. The minimum Gasteiger partial charge on any atom is -0.327 e. The molecule has 0 spiro atoms. The van der Waals surface area contributed by atoms with Crippen molar-refractivity contribution in [2.45, 2.75) is 57.4 Å². The summed E-state index contributed by atoms with van der Waals surface area (Å²) in [6.45, 7) is 0. The number of hydrogen-bond acceptors (Lipinski definition) is 1. The fourth-order valence-electron chi connectivity index (χ4n) is 4.43. The molecule has 2 aliphatic carbocycles. The van der Waals surface area contributed by atoms with Gasteiger partial charge in [-0.3, -0.25) is 0 Å². The monoisotopic (exact) mass is 325 g/mol. The Morgan fingerprint density at radius 2 is 1.67 bits per heavy atom. The molecule has 0 bridgehead atoms. The second-order valence-electron chi connectivity index (χ2n) is 6.95. The molecule has 0 aliphatic heterocycles. The number of rotatable bonds is 3. The molecule has 2 fully saturated rings. The molecule has 0 amide bonds. The predicted molar refractivity (Wildman–Crippen MR) is 90.9 cm³/mol. The van der Waals surface area contributed by atoms with Crippen molar-refractivity contribution >= 4 is 23.2 Å². The zero-order chi connectivity index (χ0) is 14.8. The summed E-state index contributed by atoms with van der Waals surface area (Å²) in [6.07, 6.45) is 10.5. The molecule has 2 saturated carbocycles. The second-order valence-corrected chi connectivity index (χ2v) is 7.76. The predicted octanol–water partition coefficient (Wildman–Crippen LogP) is 5.47. The standard InChI is InChI=1S/C18H25Cl2N/c19-16-6-3-7-17(20)15(16)11-18(21)14-9-8-12-4-1-2-5-13(12)10-14/h3,6-7,12-14,18H,1-2,4-5,8-11,21H2. The van der Waals surface area contributed by atoms with Gasteiger partial charge in [0.05, 0.1) is 0 Å². The van der Waals surface area contributed by atoms with E-state index in [1.54, 1.807) is 0 Å². The van der Waals surface area contributed by atoms with Crippen molar-refractivity contribution in [3.8, 4) is 0 Å². The van der Waals surface area contributed by atoms with E-state index in [-0.39, 0.29) is 6.04 Å². The SMILES string of the molecule is NC(Cc1c(Cl)cccc1Cl)C1CCC2CCCCC2C1. The molecule has 116 valence electrons. The van der Waals surface area contributed by atoms with Crippen LogP contribution in [0.4, 0.5) is 0 Å². The van der Waals surface area contributed by atoms with Crippen molar-refractivity contribution in [2.75, 3.05) is 0 Å². The summed E-state index contributed by atoms with van der Waals surface area (Å²) >= 11 is 12.6. The molecule has 4 unspecified atom stereocenters. The molecule has 2 aliphatic rings. The molecule has 0 radical (unpaired) electrons. The molecule has 1 aromatic rings. The van der Waals surface area contributed by atoms with Crippen LogP contribution in [0.5, 0.6) is 0 Å². The highest BCUT2D eigenvalue weighted by Gasteiger charge is 2.34. The Bertz CT molecular complexity index is 468. The first-order chi connectivity index (χ1) is 10.1. The summed E-state index contributed by atoms with van der Waals surface area (Å²) < 4.78 is 0. The molecule has 0 heterocycles. The molecule has 3 rings (SSSR count). The van der Waals surface area contributed by atoms with Gasteiger partial charge in [-0.25, -0.2) is 0 Å². The van der Waals surface area contributed by atoms with Crippen molar-refractivity contribution in [1.82, 2.24) is 0 Å². The van der Waals surface area contributed by atoms with Crippen molar-refractivity contribution in [2.24, 2.45) is 23.5 Å². The van der Waals surface area contributed by atoms with Crippen LogP contribution in [0.15, 0.2) is 18.2 Å². The number of nitrogens with two attached hydrogens (primary N) is 1. The zero-order valence-corrected chi connectivity index (χ0v) is 14.0. The summed E-state index contributed by atoms with van der Waals surface area (Å²) in [4.78, 5) is 0. The van der Waals surface area contributed by atoms with Gasteiger partial charge in [0.25, 0.3) is 0 Å². The van der Waals surface area contributed by atoms with Crippen molar-refractivity contribution < 1.29 is 0 Å². The average Bonchev–Trinajstić information content (AvgIpc) is 2.50. The maximum atomic E-state index is 6.52. The summed E-state index contributed by atoms with van der Waals surface area (Å²) in [7, 11) is 0. The Labute approximate surface area is 138 Å². The van der Waals surface area contributed by atoms with E-state index in [1.165, 1.54) is 44.9 Å². The van der Waals surface area contributed by atoms with Crippen LogP contribution >= 0.6 is 23.2 Å². The number of benzene rings is 1. The largest absolute Gasteiger partial charge is 0.327 e. The van der Waals surface area contributed by atoms with Crippen LogP contribution in [0.25, 0.3) is 0 Å². The first-order valence-electron chi connectivity index (χ1n) is 8.33. The van der Waals surface area contributed by atoms with E-state index in [4.69, 9.17) is 28.9 Å². The normalized spacial score (nSPS) is 30.7. The molecule has 0 saturated heterocycles. The topological polar surface area (TPSA) is 26.0 Å². The lowest BCUT2D eigenvalue weighted by molar-refractivity contribution is 0.117. The van der Waals surface area contributed by atoms with E-state index in [0.29, 0.717) is 5.92 Å². The summed E-state index contributed by atoms with van der Waals surface area (Å²) in [6, 6.07) is 5.90. The number of halogens is 2. The maximum absolute atomic E-state index is 6.52. The van der Waals surface area contributed by atoms with Crippen LogP contribution in [0, 0.1) is 17.8 Å². The quantitative estimate of drug-likeness (QED) is 0.783. The van der Waals surface area contributed by atoms with Gasteiger partial charge in [-0.2, -0.15) is 0 Å². The fourth-order valence-corrected chi connectivity index (χ4v) is 4.98. The van der Waals surface area contributed by atoms with Crippen LogP contribution in [-0.4, -0.2) is 6.04 Å². The van der Waals surface area contributed by atoms with Gasteiger partial charge >= 0.3 is 0 Å². The van der Waals surface area contributed by atoms with Crippen LogP contribution in [-0.2, 0) is 6.42 Å². The third-order valence-corrected chi connectivity index (χ3v) is 6.40. The lowest BCUT2D eigenvalue weighted by Gasteiger charge is -2.41. The van der Waals surface area contributed by atoms with E-state index in [2.05, 4.69) is 0 Å². The van der Waals surface area contributed by atoms with Crippen molar-refractivity contribution in [3.63, 3.8) is 0 Å². The minimum atomic E-state index is 0.185. The van der Waals surface area contributed by atoms with Crippen LogP contribution < -0.4 is 5.73 Å². The molecule has 1 nitrogen and oxygen atoms in total. The van der Waals surface area contributed by atoms with Crippen molar-refractivity contribution in [3.05, 3.63) is 33.8 Å². The Kier molecular flexibility index (Phi) is 5.14. The Morgan fingerprint density at radius 1 is 1.00 bits per heavy atom. The van der Waals surface area contributed by atoms with Gasteiger partial charge in [0.2, 0.25) is 0 Å². The summed E-state index contributed by atoms with van der Waals surface area (Å²) in [5.41, 5.74) is 7.55. The van der Waals surface area contributed by atoms with Crippen LogP contribution in [0.2, 0.25) is 10.0 Å². The highest BCUT2D eigenvalue weighted by molar-refractivity contribution is 6.36. The molecule has 21 heavy (non-hydrogen) atoms. The molecule has 2 N–H and O–H groups in total. The zero-order valence-electron chi connectivity index (χ0n) is 12.5. The molecule has 1 aromatic carbocycles. The maximum Gasteiger partial charge on any atom is 0.0453 e. The second kappa shape index (κ2) is 6.89. The Hall–Kier alpha value is -0.240. The van der Waals surface area contributed by atoms with Gasteiger partial charge in [-0.15, -0.1) is 0 Å². The van der Waals surface area contributed by atoms with Gasteiger partial charge in [0.1, 0.15) is 0 Å². The molecule has 0 aromatic heterocycles. The molecule has 4 atom stereocenters. The molecule has 3 heteroatoms. The van der Waals surface area contributed by atoms with Gasteiger partial charge in [0, 0.05) is 16.1 Å². The minimum absolute atomic E-state index is 0.185. The lowest BCUT2D eigenvalue weighted by atomic mass is 9.66. The van der Waals surface area contributed by atoms with E-state index in [0.717, 1.165) is 33.9 Å². The van der Waals surface area contributed by atoms with E-state index in [9.17, 15) is 0 Å². The highest BCUT2D eigenvalue weighted by Crippen LogP contribution is 2.43. The van der Waals surface area contributed by atoms with Crippen LogP contribution in [0.3, 0.4) is 0 Å². The van der Waals surface area contributed by atoms with Crippen molar-refractivity contribution in [1.29, 1.82) is 0 Å². The van der Waals surface area contributed by atoms with Gasteiger partial charge in [0.15, 0.2) is 0 Å². The van der Waals surface area contributed by atoms with Gasteiger partial charge in [-0.05, 0) is 61.1 Å². The third kappa shape index (κ3) is 3.57. The van der Waals surface area contributed by atoms with E-state index < -0.39 is 0 Å². The Balaban J connectivity index is 1.64. The summed E-state index contributed by atoms with van der Waals surface area (Å²) in [5.74, 6) is 2.54. The number of hydrogen-bond donors (Lipinski definition) is 1. The fraction of sp³-hybridized carbons (Fsp3) is 0.667. The summed E-state index contributed by atoms with van der Waals surface area (Å²) in [5, 5.41) is 1.51. The molecular weight excluding hydrogens is 301 g/mol. The number of fused-ring (bicyclic) bond motifs is 1. The van der Waals surface area contributed by atoms with Gasteiger partial charge < -0.3 is 5.73 Å². The highest BCUT2D eigenvalue weighted by atomic mass is 35.5. The van der Waals surface area contributed by atoms with Crippen LogP contribution in [0.1, 0.15) is 50.5 Å². The van der Waals surface area contributed by atoms with Gasteiger partial charge in [-0.1, -0.05) is 55.0 Å². The first kappa shape index (κ1) is 15.6. The molecular formula is C18H25Cl2N. The first-order valence-corrected chi connectivity index (χ1v) is 9.09. The average molecular weight is 326 g/mol. The lowest BCUT2D eigenvalue weighted by Crippen LogP contribution is -2.39.